The normalized spacial score (nSPS) is 18.1. The Morgan fingerprint density at radius 3 is 2.42 bits per heavy atom. The van der Waals surface area contributed by atoms with Crippen LogP contribution in [0.1, 0.15) is 25.5 Å². The van der Waals surface area contributed by atoms with Crippen molar-refractivity contribution >= 4 is 5.65 Å². The van der Waals surface area contributed by atoms with Gasteiger partial charge in [-0.15, -0.1) is 0 Å². The topological polar surface area (TPSA) is 72.1 Å². The van der Waals surface area contributed by atoms with E-state index in [4.69, 9.17) is 9.47 Å². The van der Waals surface area contributed by atoms with E-state index in [9.17, 15) is 22.7 Å². The minimum absolute atomic E-state index is 0. The lowest BCUT2D eigenvalue weighted by atomic mass is 9.87. The summed E-state index contributed by atoms with van der Waals surface area (Å²) in [4.78, 5) is 5.36. The first-order chi connectivity index (χ1) is 15.1. The summed E-state index contributed by atoms with van der Waals surface area (Å²) in [7, 11) is 3.47. The maximum atomic E-state index is 13.0. The van der Waals surface area contributed by atoms with Crippen molar-refractivity contribution < 1.29 is 32.1 Å². The molecule has 0 saturated carbocycles. The number of imidazole rings is 1. The first-order valence-corrected chi connectivity index (χ1v) is 9.65. The van der Waals surface area contributed by atoms with E-state index in [1.54, 1.807) is 36.2 Å². The monoisotopic (exact) mass is 472 g/mol. The molecular weight excluding hydrogens is 444 g/mol. The Hall–Kier alpha value is -2.92. The number of aliphatic hydroxyl groups is 1. The fourth-order valence-electron chi connectivity index (χ4n) is 3.96. The number of nitrogens with zero attached hydrogens (tertiary/aromatic N) is 4. The number of benzene rings is 1. The van der Waals surface area contributed by atoms with Gasteiger partial charge in [0.15, 0.2) is 5.65 Å². The Balaban J connectivity index is 0.00000125. The van der Waals surface area contributed by atoms with Crippen LogP contribution in [0.3, 0.4) is 0 Å². The van der Waals surface area contributed by atoms with E-state index in [-0.39, 0.29) is 14.0 Å². The molecule has 1 N–H and O–H groups in total. The maximum absolute atomic E-state index is 13.0. The van der Waals surface area contributed by atoms with Gasteiger partial charge in [-0.05, 0) is 31.0 Å². The van der Waals surface area contributed by atoms with Crippen LogP contribution in [0.15, 0.2) is 30.6 Å². The SMILES string of the molecule is C.CF.COc1cnn2c(-c3cc4c(c(OC)c3)C(C)(O)N(CC(F)(F)F)CC4)cnc2c1. The summed E-state index contributed by atoms with van der Waals surface area (Å²) >= 11 is 0. The van der Waals surface area contributed by atoms with E-state index in [0.717, 1.165) is 16.0 Å². The molecule has 1 atom stereocenters. The first kappa shape index (κ1) is 26.3. The average Bonchev–Trinajstić information content (AvgIpc) is 3.18. The van der Waals surface area contributed by atoms with E-state index in [1.165, 1.54) is 14.0 Å². The molecule has 182 valence electrons. The van der Waals surface area contributed by atoms with Crippen LogP contribution in [0.25, 0.3) is 16.9 Å². The molecule has 2 aromatic heterocycles. The average molecular weight is 472 g/mol. The van der Waals surface area contributed by atoms with Crippen LogP contribution in [-0.2, 0) is 12.1 Å². The second-order valence-corrected chi connectivity index (χ2v) is 7.33. The van der Waals surface area contributed by atoms with Gasteiger partial charge in [0.25, 0.3) is 0 Å². The van der Waals surface area contributed by atoms with Gasteiger partial charge in [-0.3, -0.25) is 9.29 Å². The van der Waals surface area contributed by atoms with Crippen LogP contribution in [0.5, 0.6) is 11.5 Å². The van der Waals surface area contributed by atoms with Crippen molar-refractivity contribution in [2.24, 2.45) is 0 Å². The number of halogens is 4. The van der Waals surface area contributed by atoms with Crippen molar-refractivity contribution in [3.63, 3.8) is 0 Å². The van der Waals surface area contributed by atoms with Gasteiger partial charge in [0, 0.05) is 23.7 Å². The van der Waals surface area contributed by atoms with E-state index in [2.05, 4.69) is 10.1 Å². The molecule has 1 aliphatic rings. The molecule has 0 fully saturated rings. The van der Waals surface area contributed by atoms with Gasteiger partial charge in [0.1, 0.15) is 17.2 Å². The molecule has 0 aliphatic carbocycles. The molecule has 3 aromatic rings. The van der Waals surface area contributed by atoms with E-state index >= 15 is 0 Å². The standard InChI is InChI=1S/C20H21F3N4O3.CH3F.CH4/c1-19(28)18-12(4-5-26(19)11-20(21,22)23)6-13(7-16(18)30-3)15-10-24-17-8-14(29-2)9-25-27(15)17;1-2;/h6-10,28H,4-5,11H2,1-3H3;1H3;1H4. The number of hydrogen-bond donors (Lipinski definition) is 1. The third kappa shape index (κ3) is 5.03. The number of hydrogen-bond acceptors (Lipinski definition) is 6. The highest BCUT2D eigenvalue weighted by Crippen LogP contribution is 2.43. The van der Waals surface area contributed by atoms with Gasteiger partial charge in [-0.2, -0.15) is 18.3 Å². The van der Waals surface area contributed by atoms with Gasteiger partial charge < -0.3 is 14.6 Å². The summed E-state index contributed by atoms with van der Waals surface area (Å²) in [6, 6.07) is 5.26. The highest BCUT2D eigenvalue weighted by Gasteiger charge is 2.44. The molecule has 33 heavy (non-hydrogen) atoms. The summed E-state index contributed by atoms with van der Waals surface area (Å²) in [5, 5.41) is 15.4. The molecule has 0 amide bonds. The Morgan fingerprint density at radius 1 is 1.12 bits per heavy atom. The number of alkyl halides is 4. The van der Waals surface area contributed by atoms with Gasteiger partial charge in [0.05, 0.1) is 46.0 Å². The molecule has 0 bridgehead atoms. The van der Waals surface area contributed by atoms with Crippen molar-refractivity contribution in [1.82, 2.24) is 19.5 Å². The third-order valence-corrected chi connectivity index (χ3v) is 5.38. The zero-order chi connectivity index (χ0) is 23.7. The summed E-state index contributed by atoms with van der Waals surface area (Å²) in [6.45, 7) is 0.221. The summed E-state index contributed by atoms with van der Waals surface area (Å²) in [5.74, 6) is 0.881. The highest BCUT2D eigenvalue weighted by atomic mass is 19.4. The molecule has 1 unspecified atom stereocenters. The lowest BCUT2D eigenvalue weighted by Crippen LogP contribution is -2.52. The third-order valence-electron chi connectivity index (χ3n) is 5.38. The predicted molar refractivity (Wildman–Crippen MR) is 116 cm³/mol. The van der Waals surface area contributed by atoms with Crippen molar-refractivity contribution in [3.05, 3.63) is 41.7 Å². The zero-order valence-electron chi connectivity index (χ0n) is 18.1. The molecule has 1 aromatic carbocycles. The molecular formula is C22H28F4N4O3. The Bertz CT molecular complexity index is 1080. The fraction of sp³-hybridized carbons (Fsp3) is 0.455. The van der Waals surface area contributed by atoms with Crippen LogP contribution < -0.4 is 9.47 Å². The van der Waals surface area contributed by atoms with Crippen LogP contribution in [0.4, 0.5) is 17.6 Å². The lowest BCUT2D eigenvalue weighted by molar-refractivity contribution is -0.197. The van der Waals surface area contributed by atoms with Gasteiger partial charge in [-0.1, -0.05) is 7.43 Å². The second kappa shape index (κ2) is 9.92. The number of rotatable bonds is 4. The van der Waals surface area contributed by atoms with Gasteiger partial charge in [-0.25, -0.2) is 9.50 Å². The van der Waals surface area contributed by atoms with Crippen molar-refractivity contribution in [2.75, 3.05) is 34.5 Å². The number of aromatic nitrogens is 3. The number of methoxy groups -OCH3 is 2. The van der Waals surface area contributed by atoms with Crippen LogP contribution in [0.2, 0.25) is 0 Å². The fourth-order valence-corrected chi connectivity index (χ4v) is 3.96. The molecule has 11 heteroatoms. The Labute approximate surface area is 189 Å². The van der Waals surface area contributed by atoms with Gasteiger partial charge >= 0.3 is 6.18 Å². The van der Waals surface area contributed by atoms with Crippen LogP contribution >= 0.6 is 0 Å². The van der Waals surface area contributed by atoms with Crippen LogP contribution in [-0.4, -0.2) is 65.3 Å². The molecule has 0 spiro atoms. The molecule has 3 heterocycles. The Kier molecular flexibility index (Phi) is 7.91. The molecule has 4 rings (SSSR count). The molecule has 1 aliphatic heterocycles. The predicted octanol–water partition coefficient (Wildman–Crippen LogP) is 4.22. The largest absolute Gasteiger partial charge is 0.496 e. The zero-order valence-corrected chi connectivity index (χ0v) is 18.1. The van der Waals surface area contributed by atoms with Crippen molar-refractivity contribution in [3.8, 4) is 22.8 Å². The summed E-state index contributed by atoms with van der Waals surface area (Å²) in [6.07, 6.45) is -0.866. The minimum Gasteiger partial charge on any atom is -0.496 e. The smallest absolute Gasteiger partial charge is 0.401 e. The van der Waals surface area contributed by atoms with E-state index in [1.807, 2.05) is 6.07 Å². The Morgan fingerprint density at radius 2 is 1.82 bits per heavy atom. The number of fused-ring (bicyclic) bond motifs is 2. The highest BCUT2D eigenvalue weighted by molar-refractivity contribution is 5.68. The van der Waals surface area contributed by atoms with Crippen molar-refractivity contribution in [2.45, 2.75) is 32.7 Å². The lowest BCUT2D eigenvalue weighted by Gasteiger charge is -2.43. The minimum atomic E-state index is -4.42. The van der Waals surface area contributed by atoms with E-state index in [0.29, 0.717) is 42.0 Å². The molecule has 0 saturated heterocycles. The molecule has 7 nitrogen and oxygen atoms in total. The number of ether oxygens (including phenoxy) is 2. The van der Waals surface area contributed by atoms with Crippen LogP contribution in [0, 0.1) is 0 Å². The molecule has 0 radical (unpaired) electrons. The second-order valence-electron chi connectivity index (χ2n) is 7.33. The maximum Gasteiger partial charge on any atom is 0.401 e. The van der Waals surface area contributed by atoms with E-state index < -0.39 is 18.4 Å². The summed E-state index contributed by atoms with van der Waals surface area (Å²) in [5.41, 5.74) is 1.24. The first-order valence-electron chi connectivity index (χ1n) is 9.65. The quantitative estimate of drug-likeness (QED) is 0.574. The van der Waals surface area contributed by atoms with Crippen molar-refractivity contribution in [1.29, 1.82) is 0 Å². The van der Waals surface area contributed by atoms with Gasteiger partial charge in [0.2, 0.25) is 0 Å². The summed E-state index contributed by atoms with van der Waals surface area (Å²) < 4.78 is 60.7.